The Labute approximate surface area is 235 Å². The number of aromatic nitrogens is 2. The monoisotopic (exact) mass is 890 g/mol. The summed E-state index contributed by atoms with van der Waals surface area (Å²) in [5, 5.41) is 4.78. The molecule has 32 heavy (non-hydrogen) atoms. The predicted molar refractivity (Wildman–Crippen MR) is 134 cm³/mol. The summed E-state index contributed by atoms with van der Waals surface area (Å²) in [5.41, 5.74) is 2.87. The molecule has 4 atom stereocenters. The molecule has 4 aliphatic heterocycles. The fourth-order valence-corrected chi connectivity index (χ4v) is 5.73. The minimum absolute atomic E-state index is 0. The molecule has 4 aliphatic rings. The van der Waals surface area contributed by atoms with Crippen molar-refractivity contribution in [3.05, 3.63) is 68.5 Å². The van der Waals surface area contributed by atoms with Gasteiger partial charge in [0.05, 0.1) is 26.2 Å². The SMILES string of the molecule is I[I-]I.O=c1cccc2n1C[C@@H]1C[NH2+]C[C@H]2C1.O=c1cccc2n1C[C@@H]1C[NH2+]C[C@H]2C1.[I-]. The van der Waals surface area contributed by atoms with E-state index in [1.807, 2.05) is 21.3 Å². The van der Waals surface area contributed by atoms with E-state index in [1.165, 1.54) is 37.3 Å². The molecule has 4 N–H and O–H groups in total. The van der Waals surface area contributed by atoms with Crippen LogP contribution in [0.1, 0.15) is 36.1 Å². The predicted octanol–water partition coefficient (Wildman–Crippen LogP) is -5.16. The Morgan fingerprint density at radius 2 is 1.16 bits per heavy atom. The first-order chi connectivity index (χ1) is 15.1. The molecule has 6 nitrogen and oxygen atoms in total. The maximum absolute atomic E-state index is 11.6. The molecule has 10 heteroatoms. The third-order valence-corrected chi connectivity index (χ3v) is 7.02. The van der Waals surface area contributed by atoms with Crippen LogP contribution in [0.3, 0.4) is 0 Å². The summed E-state index contributed by atoms with van der Waals surface area (Å²) >= 11 is 5.30. The van der Waals surface area contributed by atoms with Gasteiger partial charge in [0.15, 0.2) is 0 Å². The van der Waals surface area contributed by atoms with Gasteiger partial charge in [-0.15, -0.1) is 0 Å². The number of nitrogens with zero attached hydrogens (tertiary/aromatic N) is 2. The van der Waals surface area contributed by atoms with Crippen LogP contribution in [-0.4, -0.2) is 35.3 Å². The van der Waals surface area contributed by atoms with E-state index in [1.54, 1.807) is 12.1 Å². The summed E-state index contributed by atoms with van der Waals surface area (Å²) in [7, 11) is 0. The minimum Gasteiger partial charge on any atom is -1.00 e. The van der Waals surface area contributed by atoms with E-state index in [0.717, 1.165) is 26.2 Å². The second-order valence-corrected chi connectivity index (χ2v) is 25.2. The molecule has 0 unspecified atom stereocenters. The van der Waals surface area contributed by atoms with E-state index < -0.39 is 0 Å². The zero-order valence-electron chi connectivity index (χ0n) is 17.8. The van der Waals surface area contributed by atoms with Gasteiger partial charge in [-0.3, -0.25) is 9.59 Å². The Hall–Kier alpha value is 0.740. The molecule has 0 saturated carbocycles. The first-order valence-electron chi connectivity index (χ1n) is 11.0. The summed E-state index contributed by atoms with van der Waals surface area (Å²) in [6, 6.07) is 11.4. The Morgan fingerprint density at radius 3 is 1.56 bits per heavy atom. The first-order valence-corrected chi connectivity index (χ1v) is 23.6. The van der Waals surface area contributed by atoms with Crippen LogP contribution in [0.25, 0.3) is 0 Å². The van der Waals surface area contributed by atoms with Gasteiger partial charge in [0.2, 0.25) is 0 Å². The molecule has 2 aromatic heterocycles. The number of hydrogen-bond acceptors (Lipinski definition) is 2. The van der Waals surface area contributed by atoms with Crippen LogP contribution >= 0.6 is 37.2 Å². The third kappa shape index (κ3) is 6.49. The van der Waals surface area contributed by atoms with Crippen molar-refractivity contribution in [3.63, 3.8) is 0 Å². The van der Waals surface area contributed by atoms with Gasteiger partial charge in [0, 0.05) is 60.3 Å². The quantitative estimate of drug-likeness (QED) is 0.260. The average Bonchev–Trinajstić information content (AvgIpc) is 2.77. The Morgan fingerprint density at radius 1 is 0.750 bits per heavy atom. The molecule has 0 amide bonds. The number of quaternary nitrogens is 2. The summed E-state index contributed by atoms with van der Waals surface area (Å²) < 4.78 is 3.96. The second-order valence-electron chi connectivity index (χ2n) is 8.97. The van der Waals surface area contributed by atoms with E-state index in [9.17, 15) is 9.59 Å². The van der Waals surface area contributed by atoms with Crippen molar-refractivity contribution in [2.24, 2.45) is 11.8 Å². The van der Waals surface area contributed by atoms with E-state index in [2.05, 4.69) is 60.0 Å². The Bertz CT molecular complexity index is 932. The largest absolute Gasteiger partial charge is 1.00 e. The van der Waals surface area contributed by atoms with Gasteiger partial charge >= 0.3 is 50.5 Å². The van der Waals surface area contributed by atoms with E-state index >= 15 is 0 Å². The maximum atomic E-state index is 11.6. The van der Waals surface area contributed by atoms with E-state index in [0.29, 0.717) is 36.9 Å². The molecule has 178 valence electrons. The molecule has 2 fully saturated rings. The van der Waals surface area contributed by atoms with Crippen LogP contribution in [0.2, 0.25) is 0 Å². The minimum atomic E-state index is 0. The molecule has 6 rings (SSSR count). The molecule has 0 aliphatic carbocycles. The van der Waals surface area contributed by atoms with Crippen molar-refractivity contribution in [1.29, 1.82) is 0 Å². The van der Waals surface area contributed by atoms with Crippen LogP contribution in [0.4, 0.5) is 0 Å². The standard InChI is InChI=1S/2C11H14N2O.I3.HI/c2*14-11-3-1-2-10-9-4-8(5-12-6-9)7-13(10)11;1-3-2;/h2*1-3,8-9,12H,4-7H2;;1H/q;;-1;/p+1/t2*8-,9+;;/m00../s1. The van der Waals surface area contributed by atoms with Crippen LogP contribution in [0, 0.1) is 11.8 Å². The van der Waals surface area contributed by atoms with Crippen molar-refractivity contribution in [2.45, 2.75) is 37.8 Å². The number of pyridine rings is 2. The van der Waals surface area contributed by atoms with Crippen LogP contribution in [0.15, 0.2) is 46.0 Å². The number of fused-ring (bicyclic) bond motifs is 8. The summed E-state index contributed by atoms with van der Waals surface area (Å²) in [5.74, 6) is 2.63. The molecule has 0 aromatic carbocycles. The molecular weight excluding hydrogens is 860 g/mol. The molecule has 2 aromatic rings. The van der Waals surface area contributed by atoms with Crippen molar-refractivity contribution in [1.82, 2.24) is 9.13 Å². The molecule has 0 spiro atoms. The van der Waals surface area contributed by atoms with E-state index in [4.69, 9.17) is 0 Å². The van der Waals surface area contributed by atoms with Crippen molar-refractivity contribution in [3.8, 4) is 0 Å². The summed E-state index contributed by atoms with van der Waals surface area (Å²) in [6.45, 7) is 6.55. The second kappa shape index (κ2) is 13.2. The van der Waals surface area contributed by atoms with Gasteiger partial charge in [-0.25, -0.2) is 0 Å². The van der Waals surface area contributed by atoms with Crippen LogP contribution in [0.5, 0.6) is 0 Å². The van der Waals surface area contributed by atoms with Crippen LogP contribution in [-0.2, 0) is 13.1 Å². The van der Waals surface area contributed by atoms with Gasteiger partial charge in [-0.05, 0) is 25.0 Å². The number of hydrogen-bond donors (Lipinski definition) is 2. The van der Waals surface area contributed by atoms with Crippen molar-refractivity contribution < 1.29 is 47.9 Å². The average molecular weight is 890 g/mol. The molecule has 6 heterocycles. The fourth-order valence-electron chi connectivity index (χ4n) is 5.73. The molecule has 2 saturated heterocycles. The fraction of sp³-hybridized carbons (Fsp3) is 0.545. The maximum Gasteiger partial charge on any atom is 0.250 e. The van der Waals surface area contributed by atoms with Gasteiger partial charge in [0.1, 0.15) is 0 Å². The van der Waals surface area contributed by atoms with Crippen molar-refractivity contribution in [2.75, 3.05) is 26.2 Å². The van der Waals surface area contributed by atoms with Crippen LogP contribution < -0.4 is 59.0 Å². The number of halogens is 4. The van der Waals surface area contributed by atoms with Crippen molar-refractivity contribution >= 4 is 37.2 Å². The normalized spacial score (nSPS) is 26.7. The number of piperidine rings is 2. The Kier molecular flexibility index (Phi) is 11.2. The van der Waals surface area contributed by atoms with Gasteiger partial charge in [0.25, 0.3) is 11.1 Å². The Balaban J connectivity index is 0.000000157. The van der Waals surface area contributed by atoms with Gasteiger partial charge in [-0.2, -0.15) is 0 Å². The zero-order valence-corrected chi connectivity index (χ0v) is 26.4. The molecule has 0 radical (unpaired) electrons. The summed E-state index contributed by atoms with van der Waals surface area (Å²) in [4.78, 5) is 23.3. The third-order valence-electron chi connectivity index (χ3n) is 7.02. The zero-order chi connectivity index (χ0) is 21.8. The number of rotatable bonds is 0. The molecule has 4 bridgehead atoms. The topological polar surface area (TPSA) is 77.2 Å². The van der Waals surface area contributed by atoms with Gasteiger partial charge < -0.3 is 43.7 Å². The number of nitrogens with two attached hydrogens (primary N) is 2. The summed E-state index contributed by atoms with van der Waals surface area (Å²) in [6.07, 6.45) is 2.56. The van der Waals surface area contributed by atoms with E-state index in [-0.39, 0.29) is 35.1 Å². The molecular formula is C22H30I4N4O2. The first kappa shape index (κ1) is 27.3. The van der Waals surface area contributed by atoms with Gasteiger partial charge in [-0.1, -0.05) is 12.1 Å². The smallest absolute Gasteiger partial charge is 0.250 e.